The molecule has 0 aliphatic heterocycles. The van der Waals surface area contributed by atoms with Gasteiger partial charge in [-0.3, -0.25) is 9.59 Å². The second-order valence-electron chi connectivity index (χ2n) is 7.35. The second-order valence-corrected chi connectivity index (χ2v) is 9.12. The molecule has 0 aromatic heterocycles. The van der Waals surface area contributed by atoms with Gasteiger partial charge in [0.05, 0.1) is 4.47 Å². The molecule has 2 rings (SSSR count). The van der Waals surface area contributed by atoms with Crippen LogP contribution in [0.25, 0.3) is 0 Å². The van der Waals surface area contributed by atoms with Gasteiger partial charge in [0.25, 0.3) is 5.91 Å². The first-order valence-electron chi connectivity index (χ1n) is 9.96. The van der Waals surface area contributed by atoms with Gasteiger partial charge in [-0.1, -0.05) is 48.0 Å². The van der Waals surface area contributed by atoms with Crippen molar-refractivity contribution in [2.24, 2.45) is 0 Å². The van der Waals surface area contributed by atoms with Crippen LogP contribution in [0.15, 0.2) is 51.4 Å². The van der Waals surface area contributed by atoms with Crippen molar-refractivity contribution in [2.75, 3.05) is 13.2 Å². The molecule has 5 nitrogen and oxygen atoms in total. The summed E-state index contributed by atoms with van der Waals surface area (Å²) in [5.74, 6) is 0.556. The highest BCUT2D eigenvalue weighted by Gasteiger charge is 2.26. The molecule has 0 radical (unpaired) electrons. The van der Waals surface area contributed by atoms with Crippen LogP contribution in [0, 0.1) is 0 Å². The summed E-state index contributed by atoms with van der Waals surface area (Å²) in [5, 5.41) is 2.79. The highest BCUT2D eigenvalue weighted by Crippen LogP contribution is 2.29. The molecule has 0 heterocycles. The Morgan fingerprint density at radius 2 is 1.73 bits per heavy atom. The fourth-order valence-electron chi connectivity index (χ4n) is 2.91. The molecule has 2 amide bonds. The van der Waals surface area contributed by atoms with Gasteiger partial charge in [-0.2, -0.15) is 0 Å². The van der Waals surface area contributed by atoms with Gasteiger partial charge in [-0.25, -0.2) is 0 Å². The van der Waals surface area contributed by atoms with Gasteiger partial charge >= 0.3 is 0 Å². The van der Waals surface area contributed by atoms with Gasteiger partial charge in [-0.05, 0) is 71.1 Å². The molecular formula is C23H28Br2N2O3. The van der Waals surface area contributed by atoms with Gasteiger partial charge < -0.3 is 15.0 Å². The maximum atomic E-state index is 13.0. The van der Waals surface area contributed by atoms with Crippen LogP contribution in [-0.4, -0.2) is 35.9 Å². The Kier molecular flexibility index (Phi) is 9.37. The Morgan fingerprint density at radius 3 is 2.30 bits per heavy atom. The van der Waals surface area contributed by atoms with E-state index in [1.807, 2.05) is 49.4 Å². The molecule has 7 heteroatoms. The highest BCUT2D eigenvalue weighted by atomic mass is 79.9. The molecule has 0 unspecified atom stereocenters. The number of hydrogen-bond acceptors (Lipinski definition) is 3. The van der Waals surface area contributed by atoms with Crippen molar-refractivity contribution in [2.45, 2.75) is 46.2 Å². The number of halogens is 2. The van der Waals surface area contributed by atoms with E-state index in [2.05, 4.69) is 51.0 Å². The number of carbonyl (C=O) groups is 2. The van der Waals surface area contributed by atoms with Crippen molar-refractivity contribution in [1.29, 1.82) is 0 Å². The maximum Gasteiger partial charge on any atom is 0.261 e. The van der Waals surface area contributed by atoms with Crippen molar-refractivity contribution in [3.8, 4) is 5.75 Å². The fraction of sp³-hybridized carbons (Fsp3) is 0.391. The molecule has 162 valence electrons. The average Bonchev–Trinajstić information content (AvgIpc) is 2.71. The first kappa shape index (κ1) is 24.4. The van der Waals surface area contributed by atoms with Crippen molar-refractivity contribution in [3.05, 3.63) is 62.5 Å². The Hall–Kier alpha value is -1.86. The summed E-state index contributed by atoms with van der Waals surface area (Å²) in [4.78, 5) is 27.0. The number of rotatable bonds is 9. The van der Waals surface area contributed by atoms with Crippen molar-refractivity contribution in [1.82, 2.24) is 10.2 Å². The third kappa shape index (κ3) is 6.84. The molecule has 0 saturated carbocycles. The van der Waals surface area contributed by atoms with Gasteiger partial charge in [0.1, 0.15) is 11.8 Å². The molecule has 30 heavy (non-hydrogen) atoms. The molecule has 1 atom stereocenters. The predicted molar refractivity (Wildman–Crippen MR) is 127 cm³/mol. The SMILES string of the molecule is CCNC(=O)[C@@H](C)N(Cc1ccc(Br)cc1)C(=O)COc1ccc(C(C)C)cc1Br. The zero-order chi connectivity index (χ0) is 22.3. The molecule has 2 aromatic carbocycles. The normalized spacial score (nSPS) is 11.8. The third-order valence-corrected chi connectivity index (χ3v) is 5.91. The Labute approximate surface area is 195 Å². The maximum absolute atomic E-state index is 13.0. The van der Waals surface area contributed by atoms with E-state index in [0.717, 1.165) is 14.5 Å². The molecule has 0 saturated heterocycles. The van der Waals surface area contributed by atoms with Crippen LogP contribution in [0.4, 0.5) is 0 Å². The lowest BCUT2D eigenvalue weighted by molar-refractivity contribution is -0.142. The largest absolute Gasteiger partial charge is 0.483 e. The van der Waals surface area contributed by atoms with Crippen LogP contribution < -0.4 is 10.1 Å². The standard InChI is InChI=1S/C23H28Br2N2O3/c1-5-26-23(29)16(4)27(13-17-6-9-19(24)10-7-17)22(28)14-30-21-11-8-18(15(2)3)12-20(21)25/h6-12,15-16H,5,13-14H2,1-4H3,(H,26,29)/t16-/m1/s1. The number of nitrogens with zero attached hydrogens (tertiary/aromatic N) is 1. The van der Waals surface area contributed by atoms with E-state index in [0.29, 0.717) is 24.8 Å². The summed E-state index contributed by atoms with van der Waals surface area (Å²) in [7, 11) is 0. The molecule has 0 aliphatic rings. The molecule has 0 aliphatic carbocycles. The Balaban J connectivity index is 2.15. The van der Waals surface area contributed by atoms with Crippen LogP contribution in [0.5, 0.6) is 5.75 Å². The van der Waals surface area contributed by atoms with Crippen LogP contribution in [0.2, 0.25) is 0 Å². The molecule has 0 bridgehead atoms. The molecular weight excluding hydrogens is 512 g/mol. The van der Waals surface area contributed by atoms with Gasteiger partial charge in [0, 0.05) is 17.6 Å². The summed E-state index contributed by atoms with van der Waals surface area (Å²) in [6.45, 7) is 8.50. The van der Waals surface area contributed by atoms with Crippen molar-refractivity contribution >= 4 is 43.7 Å². The number of carbonyl (C=O) groups excluding carboxylic acids is 2. The second kappa shape index (κ2) is 11.5. The minimum Gasteiger partial charge on any atom is -0.483 e. The third-order valence-electron chi connectivity index (χ3n) is 4.76. The minimum absolute atomic E-state index is 0.153. The van der Waals surface area contributed by atoms with E-state index in [1.165, 1.54) is 5.56 Å². The lowest BCUT2D eigenvalue weighted by atomic mass is 10.0. The summed E-state index contributed by atoms with van der Waals surface area (Å²) in [6.07, 6.45) is 0. The van der Waals surface area contributed by atoms with Gasteiger partial charge in [0.15, 0.2) is 6.61 Å². The number of benzene rings is 2. The number of amides is 2. The van der Waals surface area contributed by atoms with Crippen molar-refractivity contribution in [3.63, 3.8) is 0 Å². The zero-order valence-electron chi connectivity index (χ0n) is 17.7. The van der Waals surface area contributed by atoms with Crippen LogP contribution >= 0.6 is 31.9 Å². The number of nitrogens with one attached hydrogen (secondary N) is 1. The monoisotopic (exact) mass is 538 g/mol. The van der Waals surface area contributed by atoms with Crippen LogP contribution in [0.3, 0.4) is 0 Å². The first-order valence-corrected chi connectivity index (χ1v) is 11.5. The van der Waals surface area contributed by atoms with E-state index in [1.54, 1.807) is 11.8 Å². The first-order chi connectivity index (χ1) is 14.2. The summed E-state index contributed by atoms with van der Waals surface area (Å²) < 4.78 is 7.54. The quantitative estimate of drug-likeness (QED) is 0.472. The van der Waals surface area contributed by atoms with Crippen molar-refractivity contribution < 1.29 is 14.3 Å². The van der Waals surface area contributed by atoms with Gasteiger partial charge in [0.2, 0.25) is 5.91 Å². The van der Waals surface area contributed by atoms with E-state index in [9.17, 15) is 9.59 Å². The summed E-state index contributed by atoms with van der Waals surface area (Å²) in [6, 6.07) is 12.9. The lowest BCUT2D eigenvalue weighted by Crippen LogP contribution is -2.49. The predicted octanol–water partition coefficient (Wildman–Crippen LogP) is 5.27. The Morgan fingerprint density at radius 1 is 1.07 bits per heavy atom. The molecule has 2 aromatic rings. The molecule has 1 N–H and O–H groups in total. The van der Waals surface area contributed by atoms with E-state index >= 15 is 0 Å². The zero-order valence-corrected chi connectivity index (χ0v) is 20.9. The lowest BCUT2D eigenvalue weighted by Gasteiger charge is -2.28. The summed E-state index contributed by atoms with van der Waals surface area (Å²) in [5.41, 5.74) is 2.12. The molecule has 0 spiro atoms. The average molecular weight is 540 g/mol. The number of ether oxygens (including phenoxy) is 1. The topological polar surface area (TPSA) is 58.6 Å². The molecule has 0 fully saturated rings. The fourth-order valence-corrected chi connectivity index (χ4v) is 3.68. The van der Waals surface area contributed by atoms with E-state index < -0.39 is 6.04 Å². The Bertz CT molecular complexity index is 869. The van der Waals surface area contributed by atoms with E-state index in [-0.39, 0.29) is 18.4 Å². The number of likely N-dealkylation sites (N-methyl/N-ethyl adjacent to an activating group) is 1. The van der Waals surface area contributed by atoms with Crippen LogP contribution in [0.1, 0.15) is 44.7 Å². The number of hydrogen-bond donors (Lipinski definition) is 1. The van der Waals surface area contributed by atoms with E-state index in [4.69, 9.17) is 4.74 Å². The minimum atomic E-state index is -0.614. The van der Waals surface area contributed by atoms with Gasteiger partial charge in [-0.15, -0.1) is 0 Å². The smallest absolute Gasteiger partial charge is 0.261 e. The summed E-state index contributed by atoms with van der Waals surface area (Å²) >= 11 is 6.93. The van der Waals surface area contributed by atoms with Crippen LogP contribution in [-0.2, 0) is 16.1 Å². The highest BCUT2D eigenvalue weighted by molar-refractivity contribution is 9.10.